The number of rotatable bonds is 0. The third-order valence-corrected chi connectivity index (χ3v) is 2.93. The molecule has 0 amide bonds. The standard InChI is InChI=1S/C11H18O/c1-2-4-8-11-10(6-3-1)7-5-9-12-11/h1-9H2. The van der Waals surface area contributed by atoms with Crippen LogP contribution in [0.4, 0.5) is 0 Å². The molecule has 68 valence electrons. The van der Waals surface area contributed by atoms with Gasteiger partial charge < -0.3 is 4.74 Å². The Morgan fingerprint density at radius 1 is 0.750 bits per heavy atom. The van der Waals surface area contributed by atoms with E-state index < -0.39 is 0 Å². The molecule has 1 heterocycles. The van der Waals surface area contributed by atoms with Crippen molar-refractivity contribution in [3.8, 4) is 0 Å². The Bertz CT molecular complexity index is 161. The van der Waals surface area contributed by atoms with E-state index in [-0.39, 0.29) is 0 Å². The first-order valence-corrected chi connectivity index (χ1v) is 5.30. The summed E-state index contributed by atoms with van der Waals surface area (Å²) >= 11 is 0. The van der Waals surface area contributed by atoms with Crippen LogP contribution < -0.4 is 0 Å². The van der Waals surface area contributed by atoms with Gasteiger partial charge in [0.05, 0.1) is 12.4 Å². The molecule has 0 aromatic carbocycles. The van der Waals surface area contributed by atoms with Crippen LogP contribution in [0.1, 0.15) is 51.4 Å². The van der Waals surface area contributed by atoms with Gasteiger partial charge in [0.15, 0.2) is 0 Å². The van der Waals surface area contributed by atoms with E-state index in [1.807, 2.05) is 0 Å². The van der Waals surface area contributed by atoms with Crippen LogP contribution >= 0.6 is 0 Å². The number of hydrogen-bond donors (Lipinski definition) is 0. The van der Waals surface area contributed by atoms with E-state index >= 15 is 0 Å². The van der Waals surface area contributed by atoms with Crippen molar-refractivity contribution < 1.29 is 4.74 Å². The fourth-order valence-corrected chi connectivity index (χ4v) is 2.21. The third-order valence-electron chi connectivity index (χ3n) is 2.93. The number of allylic oxidation sites excluding steroid dienone is 2. The summed E-state index contributed by atoms with van der Waals surface area (Å²) in [4.78, 5) is 0. The average Bonchev–Trinajstić information content (AvgIpc) is 2.06. The Morgan fingerprint density at radius 3 is 2.42 bits per heavy atom. The molecule has 0 aromatic rings. The highest BCUT2D eigenvalue weighted by Crippen LogP contribution is 2.29. The molecule has 1 aliphatic heterocycles. The van der Waals surface area contributed by atoms with Crippen molar-refractivity contribution in [2.75, 3.05) is 6.61 Å². The van der Waals surface area contributed by atoms with Crippen LogP contribution in [0.2, 0.25) is 0 Å². The van der Waals surface area contributed by atoms with Crippen LogP contribution in [0.5, 0.6) is 0 Å². The van der Waals surface area contributed by atoms with Gasteiger partial charge in [-0.25, -0.2) is 0 Å². The predicted molar refractivity (Wildman–Crippen MR) is 49.9 cm³/mol. The molecule has 0 bridgehead atoms. The number of ether oxygens (including phenoxy) is 1. The smallest absolute Gasteiger partial charge is 0.0951 e. The van der Waals surface area contributed by atoms with Gasteiger partial charge in [0.25, 0.3) is 0 Å². The lowest BCUT2D eigenvalue weighted by molar-refractivity contribution is 0.171. The van der Waals surface area contributed by atoms with E-state index in [9.17, 15) is 0 Å². The minimum absolute atomic E-state index is 0.971. The van der Waals surface area contributed by atoms with Crippen molar-refractivity contribution in [3.63, 3.8) is 0 Å². The van der Waals surface area contributed by atoms with E-state index in [4.69, 9.17) is 4.74 Å². The van der Waals surface area contributed by atoms with Crippen molar-refractivity contribution in [1.29, 1.82) is 0 Å². The molecule has 0 N–H and O–H groups in total. The van der Waals surface area contributed by atoms with Gasteiger partial charge in [-0.05, 0) is 37.7 Å². The molecule has 2 aliphatic rings. The van der Waals surface area contributed by atoms with E-state index in [0.717, 1.165) is 6.61 Å². The summed E-state index contributed by atoms with van der Waals surface area (Å²) in [6, 6.07) is 0. The van der Waals surface area contributed by atoms with Crippen LogP contribution in [-0.4, -0.2) is 6.61 Å². The topological polar surface area (TPSA) is 9.23 Å². The summed E-state index contributed by atoms with van der Waals surface area (Å²) in [5, 5.41) is 0. The Balaban J connectivity index is 2.06. The summed E-state index contributed by atoms with van der Waals surface area (Å²) in [7, 11) is 0. The molecule has 0 atom stereocenters. The Kier molecular flexibility index (Phi) is 2.70. The zero-order chi connectivity index (χ0) is 8.23. The molecule has 1 heteroatoms. The first-order chi connectivity index (χ1) is 5.97. The maximum atomic E-state index is 5.70. The van der Waals surface area contributed by atoms with Gasteiger partial charge in [0, 0.05) is 6.42 Å². The fraction of sp³-hybridized carbons (Fsp3) is 0.818. The molecule has 2 rings (SSSR count). The van der Waals surface area contributed by atoms with Gasteiger partial charge >= 0.3 is 0 Å². The Hall–Kier alpha value is -0.460. The molecule has 0 unspecified atom stereocenters. The maximum absolute atomic E-state index is 5.70. The van der Waals surface area contributed by atoms with Crippen molar-refractivity contribution in [2.45, 2.75) is 51.4 Å². The van der Waals surface area contributed by atoms with Crippen LogP contribution in [0.25, 0.3) is 0 Å². The van der Waals surface area contributed by atoms with Gasteiger partial charge in [0.1, 0.15) is 0 Å². The minimum atomic E-state index is 0.971. The molecule has 0 fully saturated rings. The Labute approximate surface area is 74.8 Å². The lowest BCUT2D eigenvalue weighted by atomic mass is 9.94. The van der Waals surface area contributed by atoms with Gasteiger partial charge in [0.2, 0.25) is 0 Å². The highest BCUT2D eigenvalue weighted by Gasteiger charge is 2.14. The first kappa shape index (κ1) is 8.15. The highest BCUT2D eigenvalue weighted by atomic mass is 16.5. The third kappa shape index (κ3) is 1.82. The van der Waals surface area contributed by atoms with E-state index in [2.05, 4.69) is 0 Å². The summed E-state index contributed by atoms with van der Waals surface area (Å²) in [6.07, 6.45) is 10.7. The molecular formula is C11H18O. The van der Waals surface area contributed by atoms with Gasteiger partial charge in [-0.2, -0.15) is 0 Å². The van der Waals surface area contributed by atoms with Gasteiger partial charge in [-0.15, -0.1) is 0 Å². The second-order valence-corrected chi connectivity index (χ2v) is 3.89. The molecular weight excluding hydrogens is 148 g/mol. The molecule has 0 aromatic heterocycles. The highest BCUT2D eigenvalue weighted by molar-refractivity contribution is 5.11. The van der Waals surface area contributed by atoms with Crippen molar-refractivity contribution in [1.82, 2.24) is 0 Å². The normalized spacial score (nSPS) is 25.3. The van der Waals surface area contributed by atoms with Crippen LogP contribution in [-0.2, 0) is 4.74 Å². The SMILES string of the molecule is C1CCCC2=C(CC1)CCCO2. The average molecular weight is 166 g/mol. The summed E-state index contributed by atoms with van der Waals surface area (Å²) in [5.74, 6) is 1.36. The molecule has 0 radical (unpaired) electrons. The zero-order valence-corrected chi connectivity index (χ0v) is 7.77. The van der Waals surface area contributed by atoms with E-state index in [1.54, 1.807) is 5.57 Å². The molecule has 1 aliphatic carbocycles. The summed E-state index contributed by atoms with van der Waals surface area (Å²) in [5.41, 5.74) is 1.64. The monoisotopic (exact) mass is 166 g/mol. The molecule has 12 heavy (non-hydrogen) atoms. The van der Waals surface area contributed by atoms with E-state index in [0.29, 0.717) is 0 Å². The predicted octanol–water partition coefficient (Wildman–Crippen LogP) is 3.41. The van der Waals surface area contributed by atoms with E-state index in [1.165, 1.54) is 57.1 Å². The summed E-state index contributed by atoms with van der Waals surface area (Å²) < 4.78 is 5.70. The molecule has 1 nitrogen and oxygen atoms in total. The second-order valence-electron chi connectivity index (χ2n) is 3.89. The lowest BCUT2D eigenvalue weighted by Crippen LogP contribution is -2.08. The molecule has 0 spiro atoms. The first-order valence-electron chi connectivity index (χ1n) is 5.30. The van der Waals surface area contributed by atoms with Gasteiger partial charge in [-0.1, -0.05) is 12.8 Å². The van der Waals surface area contributed by atoms with Crippen molar-refractivity contribution in [2.24, 2.45) is 0 Å². The fourth-order valence-electron chi connectivity index (χ4n) is 2.21. The molecule has 0 saturated carbocycles. The van der Waals surface area contributed by atoms with Crippen LogP contribution in [0.15, 0.2) is 11.3 Å². The Morgan fingerprint density at radius 2 is 1.50 bits per heavy atom. The van der Waals surface area contributed by atoms with Crippen LogP contribution in [0, 0.1) is 0 Å². The largest absolute Gasteiger partial charge is 0.498 e. The van der Waals surface area contributed by atoms with Crippen molar-refractivity contribution >= 4 is 0 Å². The zero-order valence-electron chi connectivity index (χ0n) is 7.77. The molecule has 0 saturated heterocycles. The number of hydrogen-bond acceptors (Lipinski definition) is 1. The van der Waals surface area contributed by atoms with Crippen molar-refractivity contribution in [3.05, 3.63) is 11.3 Å². The minimum Gasteiger partial charge on any atom is -0.498 e. The lowest BCUT2D eigenvalue weighted by Gasteiger charge is -2.23. The second kappa shape index (κ2) is 3.97. The summed E-state index contributed by atoms with van der Waals surface area (Å²) in [6.45, 7) is 0.971. The maximum Gasteiger partial charge on any atom is 0.0951 e. The quantitative estimate of drug-likeness (QED) is 0.536. The van der Waals surface area contributed by atoms with Crippen LogP contribution in [0.3, 0.4) is 0 Å². The van der Waals surface area contributed by atoms with Gasteiger partial charge in [-0.3, -0.25) is 0 Å².